The van der Waals surface area contributed by atoms with E-state index in [1.54, 1.807) is 21.3 Å². The van der Waals surface area contributed by atoms with Gasteiger partial charge in [-0.15, -0.1) is 0 Å². The van der Waals surface area contributed by atoms with Crippen LogP contribution >= 0.6 is 0 Å². The third kappa shape index (κ3) is 1.94. The highest BCUT2D eigenvalue weighted by Crippen LogP contribution is 2.56. The molecule has 0 unspecified atom stereocenters. The van der Waals surface area contributed by atoms with Gasteiger partial charge in [0.05, 0.1) is 27.1 Å². The summed E-state index contributed by atoms with van der Waals surface area (Å²) in [7, 11) is 5.20. The summed E-state index contributed by atoms with van der Waals surface area (Å²) in [6.45, 7) is 1.01. The maximum atomic E-state index is 5.81. The van der Waals surface area contributed by atoms with Crippen LogP contribution in [-0.2, 0) is 16.6 Å². The molecule has 1 N–H and O–H groups in total. The van der Waals surface area contributed by atoms with E-state index < -0.39 is 0 Å². The Balaban J connectivity index is 1.98. The molecule has 1 aromatic rings. The second kappa shape index (κ2) is 5.31. The fourth-order valence-corrected chi connectivity index (χ4v) is 4.62. The lowest BCUT2D eigenvalue weighted by molar-refractivity contribution is 0.221. The minimum atomic E-state index is -0.0382. The van der Waals surface area contributed by atoms with Crippen LogP contribution in [-0.4, -0.2) is 33.9 Å². The SMILES string of the molecule is COC1=CC=C2[C@H]3Cc4ccc(OC)c(OC)c4[C@@]2(CCN3)C1. The van der Waals surface area contributed by atoms with Gasteiger partial charge < -0.3 is 19.5 Å². The molecule has 3 aliphatic rings. The minimum Gasteiger partial charge on any atom is -0.501 e. The predicted octanol–water partition coefficient (Wildman–Crippen LogP) is 2.72. The Morgan fingerprint density at radius 2 is 1.96 bits per heavy atom. The molecule has 1 aromatic carbocycles. The largest absolute Gasteiger partial charge is 0.501 e. The highest BCUT2D eigenvalue weighted by molar-refractivity contribution is 5.63. The molecule has 2 aliphatic carbocycles. The van der Waals surface area contributed by atoms with Crippen LogP contribution in [0.15, 0.2) is 35.6 Å². The minimum absolute atomic E-state index is 0.0382. The molecule has 4 rings (SSSR count). The van der Waals surface area contributed by atoms with Gasteiger partial charge in [0.15, 0.2) is 11.5 Å². The average molecular weight is 313 g/mol. The Morgan fingerprint density at radius 3 is 2.70 bits per heavy atom. The molecule has 2 atom stereocenters. The lowest BCUT2D eigenvalue weighted by Gasteiger charge is -2.51. The number of rotatable bonds is 3. The molecule has 0 saturated carbocycles. The number of hydrogen-bond donors (Lipinski definition) is 1. The van der Waals surface area contributed by atoms with Crippen molar-refractivity contribution in [3.63, 3.8) is 0 Å². The summed E-state index contributed by atoms with van der Waals surface area (Å²) >= 11 is 0. The van der Waals surface area contributed by atoms with Crippen molar-refractivity contribution in [1.82, 2.24) is 5.32 Å². The van der Waals surface area contributed by atoms with Crippen LogP contribution in [0, 0.1) is 0 Å². The molecule has 2 bridgehead atoms. The van der Waals surface area contributed by atoms with Gasteiger partial charge in [-0.2, -0.15) is 0 Å². The van der Waals surface area contributed by atoms with E-state index in [1.807, 2.05) is 6.07 Å². The van der Waals surface area contributed by atoms with Gasteiger partial charge in [-0.25, -0.2) is 0 Å². The maximum absolute atomic E-state index is 5.81. The second-order valence-electron chi connectivity index (χ2n) is 6.51. The third-order valence-corrected chi connectivity index (χ3v) is 5.59. The molecule has 0 amide bonds. The molecular weight excluding hydrogens is 290 g/mol. The Hall–Kier alpha value is -1.94. The summed E-state index contributed by atoms with van der Waals surface area (Å²) in [5, 5.41) is 3.67. The van der Waals surface area contributed by atoms with Crippen LogP contribution in [0.25, 0.3) is 0 Å². The third-order valence-electron chi connectivity index (χ3n) is 5.59. The van der Waals surface area contributed by atoms with Crippen molar-refractivity contribution < 1.29 is 14.2 Å². The summed E-state index contributed by atoms with van der Waals surface area (Å²) in [4.78, 5) is 0. The molecule has 0 aromatic heterocycles. The van der Waals surface area contributed by atoms with Gasteiger partial charge >= 0.3 is 0 Å². The number of fused-ring (bicyclic) bond motifs is 1. The predicted molar refractivity (Wildman–Crippen MR) is 89.1 cm³/mol. The normalized spacial score (nSPS) is 28.0. The molecule has 1 heterocycles. The van der Waals surface area contributed by atoms with Crippen molar-refractivity contribution in [2.45, 2.75) is 30.7 Å². The fourth-order valence-electron chi connectivity index (χ4n) is 4.62. The Bertz CT molecular complexity index is 707. The molecule has 23 heavy (non-hydrogen) atoms. The second-order valence-corrected chi connectivity index (χ2v) is 6.51. The van der Waals surface area contributed by atoms with Gasteiger partial charge in [-0.05, 0) is 42.7 Å². The van der Waals surface area contributed by atoms with Crippen molar-refractivity contribution in [3.8, 4) is 11.5 Å². The maximum Gasteiger partial charge on any atom is 0.165 e. The van der Waals surface area contributed by atoms with E-state index >= 15 is 0 Å². The van der Waals surface area contributed by atoms with E-state index in [1.165, 1.54) is 16.7 Å². The molecular formula is C19H23NO3. The molecule has 4 heteroatoms. The lowest BCUT2D eigenvalue weighted by atomic mass is 9.58. The van der Waals surface area contributed by atoms with Gasteiger partial charge in [0, 0.05) is 23.4 Å². The first-order valence-corrected chi connectivity index (χ1v) is 8.16. The van der Waals surface area contributed by atoms with E-state index in [0.29, 0.717) is 6.04 Å². The molecule has 0 spiro atoms. The van der Waals surface area contributed by atoms with Gasteiger partial charge in [0.1, 0.15) is 0 Å². The molecule has 4 nitrogen and oxygen atoms in total. The topological polar surface area (TPSA) is 39.7 Å². The number of nitrogens with one attached hydrogen (secondary N) is 1. The van der Waals surface area contributed by atoms with E-state index in [4.69, 9.17) is 14.2 Å². The summed E-state index contributed by atoms with van der Waals surface area (Å²) in [5.74, 6) is 2.73. The van der Waals surface area contributed by atoms with Crippen molar-refractivity contribution >= 4 is 0 Å². The van der Waals surface area contributed by atoms with Crippen molar-refractivity contribution in [2.24, 2.45) is 0 Å². The quantitative estimate of drug-likeness (QED) is 0.931. The van der Waals surface area contributed by atoms with Crippen molar-refractivity contribution in [2.75, 3.05) is 27.9 Å². The molecule has 1 fully saturated rings. The average Bonchev–Trinajstić information content (AvgIpc) is 2.59. The summed E-state index contributed by atoms with van der Waals surface area (Å²) < 4.78 is 17.0. The van der Waals surface area contributed by atoms with Crippen LogP contribution in [0.2, 0.25) is 0 Å². The Labute approximate surface area is 137 Å². The van der Waals surface area contributed by atoms with E-state index in [9.17, 15) is 0 Å². The molecule has 0 radical (unpaired) electrons. The number of methoxy groups -OCH3 is 3. The highest BCUT2D eigenvalue weighted by atomic mass is 16.5. The number of hydrogen-bond acceptors (Lipinski definition) is 4. The van der Waals surface area contributed by atoms with Gasteiger partial charge in [0.2, 0.25) is 0 Å². The van der Waals surface area contributed by atoms with Crippen LogP contribution in [0.3, 0.4) is 0 Å². The first kappa shape index (κ1) is 14.6. The van der Waals surface area contributed by atoms with Crippen LogP contribution in [0.5, 0.6) is 11.5 Å². The van der Waals surface area contributed by atoms with Crippen molar-refractivity contribution in [3.05, 3.63) is 46.7 Å². The standard InChI is InChI=1S/C19H23NO3/c1-21-13-5-6-14-15-10-12-4-7-16(22-2)18(23-3)17(12)19(14,11-13)8-9-20-15/h4-7,15,20H,8-11H2,1-3H3/t15-,19+/m1/s1. The van der Waals surface area contributed by atoms with Crippen LogP contribution in [0.4, 0.5) is 0 Å². The zero-order valence-corrected chi connectivity index (χ0v) is 13.9. The molecule has 1 saturated heterocycles. The summed E-state index contributed by atoms with van der Waals surface area (Å²) in [5.41, 5.74) is 4.08. The van der Waals surface area contributed by atoms with Gasteiger partial charge in [-0.3, -0.25) is 0 Å². The van der Waals surface area contributed by atoms with Crippen LogP contribution < -0.4 is 14.8 Å². The number of benzene rings is 1. The van der Waals surface area contributed by atoms with E-state index in [2.05, 4.69) is 23.5 Å². The lowest BCUT2D eigenvalue weighted by Crippen LogP contribution is -2.54. The zero-order chi connectivity index (χ0) is 16.0. The number of piperidine rings is 1. The number of allylic oxidation sites excluding steroid dienone is 3. The summed E-state index contributed by atoms with van der Waals surface area (Å²) in [6, 6.07) is 4.62. The van der Waals surface area contributed by atoms with E-state index in [-0.39, 0.29) is 5.41 Å². The van der Waals surface area contributed by atoms with Crippen molar-refractivity contribution in [1.29, 1.82) is 0 Å². The Morgan fingerprint density at radius 1 is 1.09 bits per heavy atom. The molecule has 122 valence electrons. The molecule has 1 aliphatic heterocycles. The first-order chi connectivity index (χ1) is 11.2. The monoisotopic (exact) mass is 313 g/mol. The highest BCUT2D eigenvalue weighted by Gasteiger charge is 2.50. The smallest absolute Gasteiger partial charge is 0.165 e. The Kier molecular flexibility index (Phi) is 3.38. The van der Waals surface area contributed by atoms with E-state index in [0.717, 1.165) is 43.1 Å². The summed E-state index contributed by atoms with van der Waals surface area (Å²) in [6.07, 6.45) is 7.31. The van der Waals surface area contributed by atoms with Crippen LogP contribution in [0.1, 0.15) is 24.0 Å². The van der Waals surface area contributed by atoms with Gasteiger partial charge in [-0.1, -0.05) is 12.1 Å². The number of ether oxygens (including phenoxy) is 3. The fraction of sp³-hybridized carbons (Fsp3) is 0.474. The zero-order valence-electron chi connectivity index (χ0n) is 13.9. The first-order valence-electron chi connectivity index (χ1n) is 8.16. The van der Waals surface area contributed by atoms with Gasteiger partial charge in [0.25, 0.3) is 0 Å².